The molecule has 1 rings (SSSR count). The van der Waals surface area contributed by atoms with Crippen LogP contribution in [0.2, 0.25) is 0 Å². The molecule has 4 nitrogen and oxygen atoms in total. The fourth-order valence-electron chi connectivity index (χ4n) is 1.56. The van der Waals surface area contributed by atoms with E-state index in [0.29, 0.717) is 13.0 Å². The maximum Gasteiger partial charge on any atom is 0.225 e. The molecule has 2 unspecified atom stereocenters. The minimum atomic E-state index is -0.267. The summed E-state index contributed by atoms with van der Waals surface area (Å²) in [6.45, 7) is 3.20. The summed E-state index contributed by atoms with van der Waals surface area (Å²) >= 11 is 0. The molecule has 1 amide bonds. The van der Waals surface area contributed by atoms with Crippen LogP contribution in [0.5, 0.6) is 0 Å². The van der Waals surface area contributed by atoms with Gasteiger partial charge in [-0.25, -0.2) is 0 Å². The van der Waals surface area contributed by atoms with Gasteiger partial charge in [-0.1, -0.05) is 6.92 Å². The van der Waals surface area contributed by atoms with Crippen molar-refractivity contribution in [2.45, 2.75) is 32.3 Å². The summed E-state index contributed by atoms with van der Waals surface area (Å²) in [5.41, 5.74) is 0. The summed E-state index contributed by atoms with van der Waals surface area (Å²) in [4.78, 5) is 11.4. The zero-order chi connectivity index (χ0) is 10.4. The summed E-state index contributed by atoms with van der Waals surface area (Å²) in [7, 11) is 0. The first-order chi connectivity index (χ1) is 6.77. The van der Waals surface area contributed by atoms with Crippen LogP contribution in [0.1, 0.15) is 26.2 Å². The Morgan fingerprint density at radius 3 is 3.00 bits per heavy atom. The molecule has 0 radical (unpaired) electrons. The molecule has 0 aliphatic carbocycles. The van der Waals surface area contributed by atoms with Crippen LogP contribution in [0, 0.1) is 5.92 Å². The molecule has 1 fully saturated rings. The van der Waals surface area contributed by atoms with Crippen molar-refractivity contribution >= 4 is 5.91 Å². The van der Waals surface area contributed by atoms with E-state index in [1.165, 1.54) is 0 Å². The first kappa shape index (κ1) is 11.5. The molecular formula is C10H19NO3. The Bertz CT molecular complexity index is 174. The van der Waals surface area contributed by atoms with Crippen molar-refractivity contribution in [1.29, 1.82) is 0 Å². The van der Waals surface area contributed by atoms with Crippen LogP contribution in [-0.2, 0) is 9.53 Å². The zero-order valence-corrected chi connectivity index (χ0v) is 8.66. The van der Waals surface area contributed by atoms with Crippen LogP contribution in [0.25, 0.3) is 0 Å². The highest BCUT2D eigenvalue weighted by molar-refractivity contribution is 5.78. The molecule has 0 aromatic rings. The van der Waals surface area contributed by atoms with Crippen molar-refractivity contribution < 1.29 is 14.6 Å². The van der Waals surface area contributed by atoms with Gasteiger partial charge in [0.25, 0.3) is 0 Å². The highest BCUT2D eigenvalue weighted by atomic mass is 16.5. The van der Waals surface area contributed by atoms with Crippen molar-refractivity contribution in [1.82, 2.24) is 5.32 Å². The lowest BCUT2D eigenvalue weighted by molar-refractivity contribution is -0.126. The van der Waals surface area contributed by atoms with Gasteiger partial charge in [-0.05, 0) is 19.3 Å². The number of aliphatic hydroxyl groups excluding tert-OH is 1. The maximum atomic E-state index is 11.4. The van der Waals surface area contributed by atoms with Gasteiger partial charge in [-0.15, -0.1) is 0 Å². The number of aliphatic hydroxyl groups is 1. The lowest BCUT2D eigenvalue weighted by Crippen LogP contribution is -2.37. The van der Waals surface area contributed by atoms with E-state index < -0.39 is 0 Å². The molecule has 1 saturated heterocycles. The monoisotopic (exact) mass is 201 g/mol. The second-order valence-electron chi connectivity index (χ2n) is 3.67. The number of ether oxygens (including phenoxy) is 1. The Kier molecular flexibility index (Phi) is 4.90. The third-order valence-corrected chi connectivity index (χ3v) is 2.61. The van der Waals surface area contributed by atoms with Gasteiger partial charge < -0.3 is 15.2 Å². The van der Waals surface area contributed by atoms with Crippen molar-refractivity contribution in [3.05, 3.63) is 0 Å². The number of hydrogen-bond donors (Lipinski definition) is 2. The number of amides is 1. The van der Waals surface area contributed by atoms with Crippen LogP contribution in [0.3, 0.4) is 0 Å². The predicted molar refractivity (Wildman–Crippen MR) is 52.9 cm³/mol. The minimum Gasteiger partial charge on any atom is -0.396 e. The van der Waals surface area contributed by atoms with E-state index in [4.69, 9.17) is 9.84 Å². The highest BCUT2D eigenvalue weighted by Crippen LogP contribution is 2.11. The van der Waals surface area contributed by atoms with Gasteiger partial charge >= 0.3 is 0 Å². The lowest BCUT2D eigenvalue weighted by atomic mass is 10.1. The van der Waals surface area contributed by atoms with Crippen LogP contribution < -0.4 is 5.32 Å². The Hall–Kier alpha value is -0.610. The Balaban J connectivity index is 2.18. The summed E-state index contributed by atoms with van der Waals surface area (Å²) < 4.78 is 5.37. The summed E-state index contributed by atoms with van der Waals surface area (Å²) in [6, 6.07) is 0. The van der Waals surface area contributed by atoms with Crippen LogP contribution in [-0.4, -0.2) is 36.9 Å². The number of hydrogen-bond acceptors (Lipinski definition) is 3. The Morgan fingerprint density at radius 1 is 1.71 bits per heavy atom. The smallest absolute Gasteiger partial charge is 0.225 e. The van der Waals surface area contributed by atoms with E-state index in [1.54, 1.807) is 0 Å². The molecule has 2 atom stereocenters. The number of carbonyl (C=O) groups is 1. The van der Waals surface area contributed by atoms with Crippen molar-refractivity contribution in [2.24, 2.45) is 5.92 Å². The molecule has 0 aromatic carbocycles. The number of rotatable bonds is 5. The first-order valence-corrected chi connectivity index (χ1v) is 5.28. The van der Waals surface area contributed by atoms with Gasteiger partial charge in [-0.2, -0.15) is 0 Å². The zero-order valence-electron chi connectivity index (χ0n) is 8.66. The molecule has 1 heterocycles. The van der Waals surface area contributed by atoms with Crippen LogP contribution in [0.15, 0.2) is 0 Å². The fourth-order valence-corrected chi connectivity index (χ4v) is 1.56. The van der Waals surface area contributed by atoms with E-state index in [2.05, 4.69) is 5.32 Å². The average Bonchev–Trinajstić information content (AvgIpc) is 2.69. The molecule has 14 heavy (non-hydrogen) atoms. The van der Waals surface area contributed by atoms with E-state index >= 15 is 0 Å². The van der Waals surface area contributed by atoms with E-state index in [9.17, 15) is 4.79 Å². The lowest BCUT2D eigenvalue weighted by Gasteiger charge is -2.14. The van der Waals surface area contributed by atoms with E-state index in [-0.39, 0.29) is 24.5 Å². The molecule has 0 saturated carbocycles. The van der Waals surface area contributed by atoms with Gasteiger partial charge in [0, 0.05) is 13.2 Å². The highest BCUT2D eigenvalue weighted by Gasteiger charge is 2.19. The normalized spacial score (nSPS) is 23.4. The van der Waals surface area contributed by atoms with Gasteiger partial charge in [0.2, 0.25) is 5.91 Å². The SMILES string of the molecule is CCC(CO)C(=O)NCC1CCCO1. The molecule has 82 valence electrons. The van der Waals surface area contributed by atoms with Gasteiger partial charge in [-0.3, -0.25) is 4.79 Å². The molecule has 2 N–H and O–H groups in total. The second kappa shape index (κ2) is 5.98. The quantitative estimate of drug-likeness (QED) is 0.672. The average molecular weight is 201 g/mol. The van der Waals surface area contributed by atoms with E-state index in [1.807, 2.05) is 6.92 Å². The molecule has 4 heteroatoms. The Labute approximate surface area is 84.6 Å². The Morgan fingerprint density at radius 2 is 2.50 bits per heavy atom. The van der Waals surface area contributed by atoms with Crippen LogP contribution >= 0.6 is 0 Å². The summed E-state index contributed by atoms with van der Waals surface area (Å²) in [5, 5.41) is 11.7. The largest absolute Gasteiger partial charge is 0.396 e. The number of nitrogens with one attached hydrogen (secondary N) is 1. The predicted octanol–water partition coefficient (Wildman–Crippen LogP) is 0.300. The van der Waals surface area contributed by atoms with E-state index in [0.717, 1.165) is 19.4 Å². The third-order valence-electron chi connectivity index (χ3n) is 2.61. The van der Waals surface area contributed by atoms with Crippen molar-refractivity contribution in [3.63, 3.8) is 0 Å². The minimum absolute atomic E-state index is 0.0644. The maximum absolute atomic E-state index is 11.4. The van der Waals surface area contributed by atoms with Gasteiger partial charge in [0.1, 0.15) is 0 Å². The molecule has 0 bridgehead atoms. The standard InChI is InChI=1S/C10H19NO3/c1-2-8(7-12)10(13)11-6-9-4-3-5-14-9/h8-9,12H,2-7H2,1H3,(H,11,13). The van der Waals surface area contributed by atoms with Crippen molar-refractivity contribution in [3.8, 4) is 0 Å². The summed E-state index contributed by atoms with van der Waals surface area (Å²) in [6.07, 6.45) is 2.96. The molecule has 0 spiro atoms. The first-order valence-electron chi connectivity index (χ1n) is 5.28. The third kappa shape index (κ3) is 3.27. The van der Waals surface area contributed by atoms with Crippen LogP contribution in [0.4, 0.5) is 0 Å². The summed E-state index contributed by atoms with van der Waals surface area (Å²) in [5.74, 6) is -0.332. The molecule has 0 aromatic heterocycles. The second-order valence-corrected chi connectivity index (χ2v) is 3.67. The number of carbonyl (C=O) groups excluding carboxylic acids is 1. The topological polar surface area (TPSA) is 58.6 Å². The van der Waals surface area contributed by atoms with Gasteiger partial charge in [0.05, 0.1) is 18.6 Å². The van der Waals surface area contributed by atoms with Crippen molar-refractivity contribution in [2.75, 3.05) is 19.8 Å². The fraction of sp³-hybridized carbons (Fsp3) is 0.900. The molecular weight excluding hydrogens is 182 g/mol. The molecule has 1 aliphatic heterocycles. The molecule has 1 aliphatic rings. The van der Waals surface area contributed by atoms with Gasteiger partial charge in [0.15, 0.2) is 0 Å².